The van der Waals surface area contributed by atoms with Gasteiger partial charge in [-0.3, -0.25) is 33.3 Å². The molecule has 0 bridgehead atoms. The maximum absolute atomic E-state index is 14.1. The minimum Gasteiger partial charge on any atom is -0.394 e. The Morgan fingerprint density at radius 3 is 1.81 bits per heavy atom. The number of aryl methyl sites for hydroxylation is 2. The van der Waals surface area contributed by atoms with E-state index in [2.05, 4.69) is 9.97 Å². The normalized spacial score (nSPS) is 25.0. The molecule has 22 heteroatoms. The summed E-state index contributed by atoms with van der Waals surface area (Å²) in [5, 5.41) is 21.0. The lowest BCUT2D eigenvalue weighted by Gasteiger charge is -2.36. The molecule has 2 aliphatic heterocycles. The summed E-state index contributed by atoms with van der Waals surface area (Å²) in [6, 6.07) is 0. The second-order valence-corrected chi connectivity index (χ2v) is 17.6. The highest BCUT2D eigenvalue weighted by Gasteiger charge is 2.43. The van der Waals surface area contributed by atoms with Gasteiger partial charge < -0.3 is 37.8 Å². The van der Waals surface area contributed by atoms with E-state index >= 15 is 0 Å². The average Bonchev–Trinajstić information content (AvgIpc) is 3.68. The average molecular weight is 797 g/mol. The minimum absolute atomic E-state index is 0.00190. The van der Waals surface area contributed by atoms with Crippen molar-refractivity contribution < 1.29 is 42.3 Å². The third-order valence-corrected chi connectivity index (χ3v) is 14.4. The number of nitrogens with one attached hydrogen (secondary N) is 2. The van der Waals surface area contributed by atoms with Crippen molar-refractivity contribution in [2.75, 3.05) is 52.6 Å². The van der Waals surface area contributed by atoms with Crippen LogP contribution in [-0.2, 0) is 43.9 Å². The van der Waals surface area contributed by atoms with Crippen molar-refractivity contribution >= 4 is 26.2 Å². The summed E-state index contributed by atoms with van der Waals surface area (Å²) >= 11 is 5.82. The minimum atomic E-state index is -3.83. The summed E-state index contributed by atoms with van der Waals surface area (Å²) in [4.78, 5) is 53.4. The molecule has 2 aliphatic rings. The number of hydrogen-bond donors (Lipinski definition) is 4. The van der Waals surface area contributed by atoms with Crippen molar-refractivity contribution in [2.45, 2.75) is 91.3 Å². The first-order valence-electron chi connectivity index (χ1n) is 17.2. The molecule has 4 heterocycles. The molecule has 0 amide bonds. The Bertz CT molecular complexity index is 1830. The van der Waals surface area contributed by atoms with Gasteiger partial charge in [-0.1, -0.05) is 27.7 Å². The molecule has 0 radical (unpaired) electrons. The molecule has 19 nitrogen and oxygen atoms in total. The molecule has 2 aromatic heterocycles. The van der Waals surface area contributed by atoms with Crippen LogP contribution in [0.4, 0.5) is 0 Å². The zero-order chi connectivity index (χ0) is 38.4. The van der Waals surface area contributed by atoms with Crippen LogP contribution in [0, 0.1) is 13.8 Å². The molecule has 294 valence electrons. The Hall–Kier alpha value is -2.16. The maximum atomic E-state index is 14.1. The predicted molar refractivity (Wildman–Crippen MR) is 193 cm³/mol. The zero-order valence-corrected chi connectivity index (χ0v) is 32.8. The van der Waals surface area contributed by atoms with Crippen LogP contribution in [0.1, 0.15) is 64.1 Å². The Labute approximate surface area is 305 Å². The summed E-state index contributed by atoms with van der Waals surface area (Å²) in [7, 11) is -3.44. The van der Waals surface area contributed by atoms with Gasteiger partial charge in [0.1, 0.15) is 24.7 Å². The topological polar surface area (TPSA) is 229 Å². The lowest BCUT2D eigenvalue weighted by Crippen LogP contribution is -2.33. The molecule has 4 N–H and O–H groups in total. The van der Waals surface area contributed by atoms with E-state index in [-0.39, 0.29) is 43.8 Å². The Balaban J connectivity index is 1.54. The van der Waals surface area contributed by atoms with Gasteiger partial charge in [-0.05, 0) is 25.7 Å². The van der Waals surface area contributed by atoms with Crippen LogP contribution in [-0.4, -0.2) is 116 Å². The fourth-order valence-corrected chi connectivity index (χ4v) is 10.6. The number of aromatic amines is 2. The highest BCUT2D eigenvalue weighted by molar-refractivity contribution is 8.07. The first kappa shape index (κ1) is 42.6. The van der Waals surface area contributed by atoms with E-state index in [4.69, 9.17) is 39.4 Å². The fraction of sp³-hybridized carbons (Fsp3) is 0.733. The van der Waals surface area contributed by atoms with Crippen molar-refractivity contribution in [3.63, 3.8) is 0 Å². The molecule has 7 unspecified atom stereocenters. The molecule has 4 rings (SSSR count). The van der Waals surface area contributed by atoms with E-state index < -0.39 is 80.4 Å². The van der Waals surface area contributed by atoms with Crippen LogP contribution < -0.4 is 22.5 Å². The SMILES string of the molecule is CCN(CC)P(=O)(OCCOP(=S)(OCC1OC(n2cc(C)c(=O)[nH]c2=O)CC1O)OC1CC(n2cc(C)c(=O)[nH]c2=O)OC1CO)N(CC)CC. The molecule has 0 spiro atoms. The number of aliphatic hydroxyl groups excluding tert-OH is 2. The van der Waals surface area contributed by atoms with Gasteiger partial charge >= 0.3 is 25.8 Å². The summed E-state index contributed by atoms with van der Waals surface area (Å²) in [5.41, 5.74) is -1.96. The van der Waals surface area contributed by atoms with Gasteiger partial charge in [0.15, 0.2) is 0 Å². The molecule has 7 atom stereocenters. The number of H-pyrrole nitrogens is 2. The van der Waals surface area contributed by atoms with E-state index in [9.17, 15) is 34.0 Å². The summed E-state index contributed by atoms with van der Waals surface area (Å²) in [6.45, 7) is 7.46. The van der Waals surface area contributed by atoms with E-state index in [1.807, 2.05) is 27.7 Å². The van der Waals surface area contributed by atoms with Gasteiger partial charge in [0.2, 0.25) is 0 Å². The number of hydrogen-bond acceptors (Lipinski definition) is 14. The van der Waals surface area contributed by atoms with E-state index in [0.29, 0.717) is 26.2 Å². The van der Waals surface area contributed by atoms with Crippen molar-refractivity contribution in [3.8, 4) is 0 Å². The van der Waals surface area contributed by atoms with Crippen LogP contribution >= 0.6 is 14.4 Å². The molecular formula is C30H50N6O13P2S. The Kier molecular flexibility index (Phi) is 15.1. The van der Waals surface area contributed by atoms with Crippen molar-refractivity contribution in [1.82, 2.24) is 28.4 Å². The van der Waals surface area contributed by atoms with Crippen molar-refractivity contribution in [1.29, 1.82) is 0 Å². The largest absolute Gasteiger partial charge is 0.394 e. The van der Waals surface area contributed by atoms with Gasteiger partial charge in [0.25, 0.3) is 11.1 Å². The van der Waals surface area contributed by atoms with Gasteiger partial charge in [0, 0.05) is 62.5 Å². The lowest BCUT2D eigenvalue weighted by atomic mass is 10.2. The molecule has 2 saturated heterocycles. The van der Waals surface area contributed by atoms with Crippen molar-refractivity contribution in [2.24, 2.45) is 0 Å². The van der Waals surface area contributed by atoms with Gasteiger partial charge in [-0.2, -0.15) is 0 Å². The third kappa shape index (κ3) is 9.73. The standard InChI is InChI=1S/C30H50N6O13P2S/c1-7-33(8-2)50(43,34(9-3)10-4)44-11-12-45-51(52,46-18-24-21(38)13-25(48-24)35-15-19(5)27(39)31-29(35)41)49-22-14-26(47-23(22)17-37)36-16-20(6)28(40)32-30(36)42/h15-16,21-26,37-38H,7-14,17-18H2,1-6H3,(H,31,39,41)(H,32,40,42). The molecular weight excluding hydrogens is 746 g/mol. The summed E-state index contributed by atoms with van der Waals surface area (Å²) in [6.07, 6.45) is -3.20. The molecule has 0 saturated carbocycles. The van der Waals surface area contributed by atoms with Crippen LogP contribution in [0.5, 0.6) is 0 Å². The van der Waals surface area contributed by atoms with Gasteiger partial charge in [-0.25, -0.2) is 18.9 Å². The highest BCUT2D eigenvalue weighted by Crippen LogP contribution is 2.56. The predicted octanol–water partition coefficient (Wildman–Crippen LogP) is 1.08. The maximum Gasteiger partial charge on any atom is 0.346 e. The second-order valence-electron chi connectivity index (χ2n) is 12.3. The first-order chi connectivity index (χ1) is 24.6. The highest BCUT2D eigenvalue weighted by atomic mass is 32.5. The van der Waals surface area contributed by atoms with Gasteiger partial charge in [-0.15, -0.1) is 0 Å². The number of aromatic nitrogens is 4. The molecule has 52 heavy (non-hydrogen) atoms. The summed E-state index contributed by atoms with van der Waals surface area (Å²) < 4.78 is 56.2. The van der Waals surface area contributed by atoms with Crippen LogP contribution in [0.3, 0.4) is 0 Å². The first-order valence-corrected chi connectivity index (χ1v) is 21.3. The number of aliphatic hydroxyl groups is 2. The lowest BCUT2D eigenvalue weighted by molar-refractivity contribution is -0.0552. The Morgan fingerprint density at radius 1 is 0.827 bits per heavy atom. The molecule has 0 aliphatic carbocycles. The molecule has 0 aromatic carbocycles. The monoisotopic (exact) mass is 796 g/mol. The smallest absolute Gasteiger partial charge is 0.346 e. The molecule has 2 fully saturated rings. The van der Waals surface area contributed by atoms with Crippen molar-refractivity contribution in [3.05, 3.63) is 65.2 Å². The van der Waals surface area contributed by atoms with E-state index in [1.165, 1.54) is 35.4 Å². The zero-order valence-electron chi connectivity index (χ0n) is 30.2. The fourth-order valence-electron chi connectivity index (χ4n) is 6.02. The number of ether oxygens (including phenoxy) is 2. The van der Waals surface area contributed by atoms with E-state index in [1.54, 1.807) is 9.34 Å². The third-order valence-electron chi connectivity index (χ3n) is 8.91. The second kappa shape index (κ2) is 18.4. The Morgan fingerprint density at radius 2 is 1.31 bits per heavy atom. The molecule has 2 aromatic rings. The van der Waals surface area contributed by atoms with E-state index in [0.717, 1.165) is 0 Å². The summed E-state index contributed by atoms with van der Waals surface area (Å²) in [5.74, 6) is 0. The van der Waals surface area contributed by atoms with Gasteiger partial charge in [0.05, 0.1) is 38.6 Å². The quantitative estimate of drug-likeness (QED) is 0.115. The number of nitrogens with zero attached hydrogens (tertiary/aromatic N) is 4. The van der Waals surface area contributed by atoms with Crippen LogP contribution in [0.15, 0.2) is 31.6 Å². The number of rotatable bonds is 19. The van der Waals surface area contributed by atoms with Crippen LogP contribution in [0.25, 0.3) is 0 Å². The van der Waals surface area contributed by atoms with Crippen LogP contribution in [0.2, 0.25) is 0 Å².